The third kappa shape index (κ3) is 4.06. The number of amides is 1. The summed E-state index contributed by atoms with van der Waals surface area (Å²) in [7, 11) is 0. The van der Waals surface area contributed by atoms with Crippen LogP contribution in [0.1, 0.15) is 23.7 Å². The van der Waals surface area contributed by atoms with Crippen molar-refractivity contribution in [2.24, 2.45) is 0 Å². The summed E-state index contributed by atoms with van der Waals surface area (Å²) in [4.78, 5) is 12.2. The van der Waals surface area contributed by atoms with Crippen LogP contribution < -0.4 is 15.8 Å². The van der Waals surface area contributed by atoms with Gasteiger partial charge in [0, 0.05) is 10.6 Å². The summed E-state index contributed by atoms with van der Waals surface area (Å²) in [6.45, 7) is 2.58. The van der Waals surface area contributed by atoms with Crippen LogP contribution in [0.25, 0.3) is 0 Å². The maximum atomic E-state index is 12.2. The number of nitrogen functional groups attached to an aromatic ring is 1. The molecule has 0 aliphatic heterocycles. The van der Waals surface area contributed by atoms with Gasteiger partial charge in [-0.2, -0.15) is 0 Å². The molecule has 0 bridgehead atoms. The molecule has 0 radical (unpaired) electrons. The molecule has 0 saturated heterocycles. The Hall–Kier alpha value is -1.91. The van der Waals surface area contributed by atoms with Gasteiger partial charge in [0.15, 0.2) is 0 Å². The molecular weight excluding hydrogens is 323 g/mol. The van der Waals surface area contributed by atoms with Crippen molar-refractivity contribution in [1.82, 2.24) is 0 Å². The van der Waals surface area contributed by atoms with E-state index in [0.29, 0.717) is 39.3 Å². The molecule has 0 spiro atoms. The molecule has 2 rings (SSSR count). The third-order valence-corrected chi connectivity index (χ3v) is 3.47. The normalized spacial score (nSPS) is 10.3. The summed E-state index contributed by atoms with van der Waals surface area (Å²) in [6.07, 6.45) is 0.884. The maximum Gasteiger partial charge on any atom is 0.255 e. The molecule has 3 N–H and O–H groups in total. The molecule has 0 fully saturated rings. The predicted molar refractivity (Wildman–Crippen MR) is 91.1 cm³/mol. The van der Waals surface area contributed by atoms with Crippen molar-refractivity contribution in [2.75, 3.05) is 17.7 Å². The van der Waals surface area contributed by atoms with Gasteiger partial charge in [0.2, 0.25) is 0 Å². The zero-order valence-electron chi connectivity index (χ0n) is 12.0. The number of nitrogens with one attached hydrogen (secondary N) is 1. The Kier molecular flexibility index (Phi) is 5.52. The van der Waals surface area contributed by atoms with Gasteiger partial charge < -0.3 is 15.8 Å². The second-order valence-electron chi connectivity index (χ2n) is 4.68. The number of hydrogen-bond acceptors (Lipinski definition) is 3. The Morgan fingerprint density at radius 2 is 2.00 bits per heavy atom. The Bertz CT molecular complexity index is 690. The zero-order chi connectivity index (χ0) is 16.1. The Morgan fingerprint density at radius 3 is 2.68 bits per heavy atom. The Balaban J connectivity index is 2.16. The lowest BCUT2D eigenvalue weighted by atomic mass is 10.1. The number of ether oxygens (including phenoxy) is 1. The quantitative estimate of drug-likeness (QED) is 0.782. The lowest BCUT2D eigenvalue weighted by Crippen LogP contribution is -2.13. The molecule has 0 heterocycles. The van der Waals surface area contributed by atoms with E-state index in [1.165, 1.54) is 0 Å². The summed E-state index contributed by atoms with van der Waals surface area (Å²) in [5.41, 5.74) is 7.17. The highest BCUT2D eigenvalue weighted by Crippen LogP contribution is 2.27. The number of hydrogen-bond donors (Lipinski definition) is 2. The first-order chi connectivity index (χ1) is 10.5. The minimum atomic E-state index is -0.321. The van der Waals surface area contributed by atoms with Gasteiger partial charge in [-0.3, -0.25) is 4.79 Å². The highest BCUT2D eigenvalue weighted by molar-refractivity contribution is 6.35. The van der Waals surface area contributed by atoms with E-state index in [4.69, 9.17) is 33.7 Å². The number of carbonyl (C=O) groups is 1. The van der Waals surface area contributed by atoms with Crippen LogP contribution in [0.15, 0.2) is 36.4 Å². The average molecular weight is 339 g/mol. The van der Waals surface area contributed by atoms with E-state index in [1.54, 1.807) is 36.4 Å². The molecule has 0 saturated carbocycles. The fraction of sp³-hybridized carbons (Fsp3) is 0.188. The minimum absolute atomic E-state index is 0.321. The zero-order valence-corrected chi connectivity index (χ0v) is 13.5. The lowest BCUT2D eigenvalue weighted by Gasteiger charge is -2.11. The number of rotatable bonds is 5. The molecule has 0 atom stereocenters. The van der Waals surface area contributed by atoms with Gasteiger partial charge in [0.25, 0.3) is 5.91 Å². The Labute approximate surface area is 139 Å². The largest absolute Gasteiger partial charge is 0.491 e. The molecule has 6 heteroatoms. The van der Waals surface area contributed by atoms with Crippen LogP contribution in [0.5, 0.6) is 5.75 Å². The first-order valence-corrected chi connectivity index (χ1v) is 7.55. The highest BCUT2D eigenvalue weighted by atomic mass is 35.5. The first kappa shape index (κ1) is 16.5. The number of halogens is 2. The van der Waals surface area contributed by atoms with Gasteiger partial charge in [-0.15, -0.1) is 0 Å². The summed E-state index contributed by atoms with van der Waals surface area (Å²) >= 11 is 11.9. The van der Waals surface area contributed by atoms with E-state index in [2.05, 4.69) is 5.32 Å². The van der Waals surface area contributed by atoms with Crippen molar-refractivity contribution in [3.05, 3.63) is 52.0 Å². The van der Waals surface area contributed by atoms with Crippen molar-refractivity contribution in [1.29, 1.82) is 0 Å². The molecule has 116 valence electrons. The first-order valence-electron chi connectivity index (χ1n) is 6.80. The SMILES string of the molecule is CCCOc1ccc(C(=O)Nc2cc(Cl)ccc2Cl)cc1N. The summed E-state index contributed by atoms with van der Waals surface area (Å²) in [5.74, 6) is 0.247. The average Bonchev–Trinajstić information content (AvgIpc) is 2.49. The third-order valence-electron chi connectivity index (χ3n) is 2.91. The van der Waals surface area contributed by atoms with Gasteiger partial charge in [-0.25, -0.2) is 0 Å². The minimum Gasteiger partial charge on any atom is -0.491 e. The standard InChI is InChI=1S/C16H16Cl2N2O2/c1-2-7-22-15-6-3-10(8-13(15)19)16(21)20-14-9-11(17)4-5-12(14)18/h3-6,8-9H,2,7,19H2,1H3,(H,20,21). The molecule has 2 aromatic carbocycles. The molecular formula is C16H16Cl2N2O2. The maximum absolute atomic E-state index is 12.2. The predicted octanol–water partition coefficient (Wildman–Crippen LogP) is 4.62. The van der Waals surface area contributed by atoms with Crippen LogP contribution in [0.2, 0.25) is 10.0 Å². The number of benzene rings is 2. The van der Waals surface area contributed by atoms with Crippen molar-refractivity contribution in [2.45, 2.75) is 13.3 Å². The van der Waals surface area contributed by atoms with E-state index in [9.17, 15) is 4.79 Å². The molecule has 0 aliphatic rings. The van der Waals surface area contributed by atoms with Crippen LogP contribution in [-0.2, 0) is 0 Å². The van der Waals surface area contributed by atoms with Crippen molar-refractivity contribution < 1.29 is 9.53 Å². The van der Waals surface area contributed by atoms with E-state index in [-0.39, 0.29) is 5.91 Å². The van der Waals surface area contributed by atoms with E-state index < -0.39 is 0 Å². The van der Waals surface area contributed by atoms with Crippen molar-refractivity contribution >= 4 is 40.5 Å². The number of nitrogens with two attached hydrogens (primary N) is 1. The van der Waals surface area contributed by atoms with E-state index in [0.717, 1.165) is 6.42 Å². The molecule has 1 amide bonds. The highest BCUT2D eigenvalue weighted by Gasteiger charge is 2.11. The van der Waals surface area contributed by atoms with E-state index >= 15 is 0 Å². The Morgan fingerprint density at radius 1 is 1.23 bits per heavy atom. The molecule has 4 nitrogen and oxygen atoms in total. The van der Waals surface area contributed by atoms with Crippen LogP contribution >= 0.6 is 23.2 Å². The van der Waals surface area contributed by atoms with Gasteiger partial charge in [-0.05, 0) is 42.8 Å². The van der Waals surface area contributed by atoms with Crippen LogP contribution in [0, 0.1) is 0 Å². The molecule has 0 unspecified atom stereocenters. The van der Waals surface area contributed by atoms with Crippen LogP contribution in [0.4, 0.5) is 11.4 Å². The van der Waals surface area contributed by atoms with Gasteiger partial charge >= 0.3 is 0 Å². The monoisotopic (exact) mass is 338 g/mol. The molecule has 2 aromatic rings. The summed E-state index contributed by atoms with van der Waals surface area (Å²) in [6, 6.07) is 9.75. The smallest absolute Gasteiger partial charge is 0.255 e. The summed E-state index contributed by atoms with van der Waals surface area (Å²) in [5, 5.41) is 3.60. The van der Waals surface area contributed by atoms with Crippen LogP contribution in [-0.4, -0.2) is 12.5 Å². The van der Waals surface area contributed by atoms with Crippen molar-refractivity contribution in [3.8, 4) is 5.75 Å². The number of carbonyl (C=O) groups excluding carboxylic acids is 1. The number of anilines is 2. The topological polar surface area (TPSA) is 64.3 Å². The lowest BCUT2D eigenvalue weighted by molar-refractivity contribution is 0.102. The second-order valence-corrected chi connectivity index (χ2v) is 5.52. The fourth-order valence-corrected chi connectivity index (χ4v) is 2.16. The van der Waals surface area contributed by atoms with Crippen LogP contribution in [0.3, 0.4) is 0 Å². The van der Waals surface area contributed by atoms with Gasteiger partial charge in [0.05, 0.1) is 23.0 Å². The fourth-order valence-electron chi connectivity index (χ4n) is 1.82. The molecule has 0 aliphatic carbocycles. The van der Waals surface area contributed by atoms with Gasteiger partial charge in [-0.1, -0.05) is 30.1 Å². The van der Waals surface area contributed by atoms with E-state index in [1.807, 2.05) is 6.92 Å². The molecule has 0 aromatic heterocycles. The summed E-state index contributed by atoms with van der Waals surface area (Å²) < 4.78 is 5.48. The van der Waals surface area contributed by atoms with Crippen molar-refractivity contribution in [3.63, 3.8) is 0 Å². The van der Waals surface area contributed by atoms with Gasteiger partial charge in [0.1, 0.15) is 5.75 Å². The molecule has 22 heavy (non-hydrogen) atoms. The second kappa shape index (κ2) is 7.38.